The summed E-state index contributed by atoms with van der Waals surface area (Å²) < 4.78 is 7.78. The van der Waals surface area contributed by atoms with Crippen LogP contribution in [0.4, 0.5) is 0 Å². The van der Waals surface area contributed by atoms with Crippen molar-refractivity contribution >= 4 is 11.6 Å². The van der Waals surface area contributed by atoms with E-state index in [1.54, 1.807) is 7.11 Å². The van der Waals surface area contributed by atoms with Gasteiger partial charge in [0.1, 0.15) is 17.9 Å². The SMILES string of the molecule is COc1cccc(Cl)c1CN1CCCC(c2nncn2C2CC2)C1. The highest BCUT2D eigenvalue weighted by Crippen LogP contribution is 2.38. The van der Waals surface area contributed by atoms with E-state index >= 15 is 0 Å². The number of benzene rings is 1. The van der Waals surface area contributed by atoms with Crippen LogP contribution in [-0.4, -0.2) is 39.9 Å². The van der Waals surface area contributed by atoms with E-state index in [2.05, 4.69) is 19.7 Å². The number of hydrogen-bond donors (Lipinski definition) is 0. The summed E-state index contributed by atoms with van der Waals surface area (Å²) in [7, 11) is 1.70. The van der Waals surface area contributed by atoms with Crippen LogP contribution in [0.2, 0.25) is 5.02 Å². The molecular formula is C18H23ClN4O. The zero-order valence-corrected chi connectivity index (χ0v) is 14.7. The molecule has 1 aliphatic carbocycles. The van der Waals surface area contributed by atoms with Gasteiger partial charge < -0.3 is 9.30 Å². The monoisotopic (exact) mass is 346 g/mol. The molecule has 1 aromatic carbocycles. The van der Waals surface area contributed by atoms with Gasteiger partial charge in [-0.1, -0.05) is 17.7 Å². The van der Waals surface area contributed by atoms with Crippen LogP contribution in [0.25, 0.3) is 0 Å². The van der Waals surface area contributed by atoms with Crippen LogP contribution in [-0.2, 0) is 6.54 Å². The molecule has 2 fully saturated rings. The van der Waals surface area contributed by atoms with Crippen molar-refractivity contribution in [3.8, 4) is 5.75 Å². The summed E-state index contributed by atoms with van der Waals surface area (Å²) in [5, 5.41) is 9.37. The lowest BCUT2D eigenvalue weighted by Gasteiger charge is -2.32. The van der Waals surface area contributed by atoms with Crippen molar-refractivity contribution in [1.29, 1.82) is 0 Å². The van der Waals surface area contributed by atoms with E-state index in [4.69, 9.17) is 16.3 Å². The predicted octanol–water partition coefficient (Wildman–Crippen LogP) is 3.65. The maximum absolute atomic E-state index is 6.41. The minimum Gasteiger partial charge on any atom is -0.496 e. The molecule has 0 amide bonds. The number of nitrogens with zero attached hydrogens (tertiary/aromatic N) is 4. The average molecular weight is 347 g/mol. The molecule has 0 spiro atoms. The first kappa shape index (κ1) is 15.9. The number of halogens is 1. The highest BCUT2D eigenvalue weighted by atomic mass is 35.5. The maximum Gasteiger partial charge on any atom is 0.137 e. The third kappa shape index (κ3) is 3.15. The number of rotatable bonds is 5. The Kier molecular flexibility index (Phi) is 4.46. The summed E-state index contributed by atoms with van der Waals surface area (Å²) >= 11 is 6.41. The average Bonchev–Trinajstić information content (AvgIpc) is 3.33. The van der Waals surface area contributed by atoms with Crippen LogP contribution < -0.4 is 4.74 Å². The normalized spacial score (nSPS) is 21.8. The van der Waals surface area contributed by atoms with Crippen LogP contribution in [0.15, 0.2) is 24.5 Å². The number of likely N-dealkylation sites (tertiary alicyclic amines) is 1. The zero-order chi connectivity index (χ0) is 16.5. The number of ether oxygens (including phenoxy) is 1. The molecule has 1 aliphatic heterocycles. The Labute approximate surface area is 147 Å². The first-order valence-corrected chi connectivity index (χ1v) is 9.07. The van der Waals surface area contributed by atoms with Crippen molar-refractivity contribution in [1.82, 2.24) is 19.7 Å². The van der Waals surface area contributed by atoms with E-state index in [1.807, 2.05) is 24.5 Å². The Hall–Kier alpha value is -1.59. The van der Waals surface area contributed by atoms with E-state index in [0.29, 0.717) is 12.0 Å². The van der Waals surface area contributed by atoms with Gasteiger partial charge in [0.05, 0.1) is 7.11 Å². The van der Waals surface area contributed by atoms with Gasteiger partial charge in [0, 0.05) is 35.6 Å². The molecule has 2 aromatic rings. The van der Waals surface area contributed by atoms with Gasteiger partial charge in [-0.25, -0.2) is 0 Å². The van der Waals surface area contributed by atoms with Gasteiger partial charge in [-0.05, 0) is 44.4 Å². The van der Waals surface area contributed by atoms with Gasteiger partial charge in [-0.15, -0.1) is 10.2 Å². The fourth-order valence-electron chi connectivity index (χ4n) is 3.69. The molecule has 0 radical (unpaired) electrons. The summed E-state index contributed by atoms with van der Waals surface area (Å²) in [5.74, 6) is 2.48. The molecule has 5 nitrogen and oxygen atoms in total. The molecule has 1 unspecified atom stereocenters. The van der Waals surface area contributed by atoms with E-state index < -0.39 is 0 Å². The number of hydrogen-bond acceptors (Lipinski definition) is 4. The molecule has 128 valence electrons. The Morgan fingerprint density at radius 2 is 2.17 bits per heavy atom. The Balaban J connectivity index is 1.50. The Morgan fingerprint density at radius 3 is 2.96 bits per heavy atom. The third-order valence-corrected chi connectivity index (χ3v) is 5.44. The summed E-state index contributed by atoms with van der Waals surface area (Å²) in [5.41, 5.74) is 1.07. The molecular weight excluding hydrogens is 324 g/mol. The molecule has 0 bridgehead atoms. The second-order valence-electron chi connectivity index (χ2n) is 6.82. The van der Waals surface area contributed by atoms with Gasteiger partial charge in [0.2, 0.25) is 0 Å². The molecule has 1 atom stereocenters. The summed E-state index contributed by atoms with van der Waals surface area (Å²) in [4.78, 5) is 2.46. The minimum atomic E-state index is 0.454. The molecule has 1 saturated carbocycles. The van der Waals surface area contributed by atoms with Crippen molar-refractivity contribution in [3.63, 3.8) is 0 Å². The predicted molar refractivity (Wildman–Crippen MR) is 93.5 cm³/mol. The van der Waals surface area contributed by atoms with Crippen LogP contribution in [0.5, 0.6) is 5.75 Å². The molecule has 1 saturated heterocycles. The van der Waals surface area contributed by atoms with E-state index in [0.717, 1.165) is 41.8 Å². The lowest BCUT2D eigenvalue weighted by molar-refractivity contribution is 0.192. The fourth-order valence-corrected chi connectivity index (χ4v) is 3.92. The van der Waals surface area contributed by atoms with Crippen molar-refractivity contribution in [2.75, 3.05) is 20.2 Å². The first-order chi connectivity index (χ1) is 11.8. The second kappa shape index (κ2) is 6.73. The van der Waals surface area contributed by atoms with Gasteiger partial charge >= 0.3 is 0 Å². The topological polar surface area (TPSA) is 43.2 Å². The van der Waals surface area contributed by atoms with Gasteiger partial charge in [0.15, 0.2) is 0 Å². The first-order valence-electron chi connectivity index (χ1n) is 8.69. The van der Waals surface area contributed by atoms with Crippen LogP contribution in [0.3, 0.4) is 0 Å². The van der Waals surface area contributed by atoms with Crippen LogP contribution in [0, 0.1) is 0 Å². The van der Waals surface area contributed by atoms with Gasteiger partial charge in [0.25, 0.3) is 0 Å². The van der Waals surface area contributed by atoms with Crippen molar-refractivity contribution in [3.05, 3.63) is 40.9 Å². The molecule has 1 aromatic heterocycles. The lowest BCUT2D eigenvalue weighted by Crippen LogP contribution is -2.35. The van der Waals surface area contributed by atoms with Crippen molar-refractivity contribution < 1.29 is 4.74 Å². The quantitative estimate of drug-likeness (QED) is 0.828. The van der Waals surface area contributed by atoms with Crippen molar-refractivity contribution in [2.45, 2.75) is 44.2 Å². The minimum absolute atomic E-state index is 0.454. The number of aromatic nitrogens is 3. The highest BCUT2D eigenvalue weighted by Gasteiger charge is 2.31. The molecule has 4 rings (SSSR count). The standard InChI is InChI=1S/C18H23ClN4O/c1-24-17-6-2-5-16(19)15(17)11-22-9-3-4-13(10-22)18-21-20-12-23(18)14-7-8-14/h2,5-6,12-14H,3-4,7-11H2,1H3. The van der Waals surface area contributed by atoms with Gasteiger partial charge in [-0.2, -0.15) is 0 Å². The number of piperidine rings is 1. The molecule has 2 aliphatic rings. The Morgan fingerprint density at radius 1 is 1.29 bits per heavy atom. The van der Waals surface area contributed by atoms with Crippen LogP contribution in [0.1, 0.15) is 49.0 Å². The summed E-state index contributed by atoms with van der Waals surface area (Å²) in [6.45, 7) is 2.90. The Bertz CT molecular complexity index is 713. The van der Waals surface area contributed by atoms with E-state index in [1.165, 1.54) is 25.7 Å². The van der Waals surface area contributed by atoms with E-state index in [9.17, 15) is 0 Å². The lowest BCUT2D eigenvalue weighted by atomic mass is 9.96. The second-order valence-corrected chi connectivity index (χ2v) is 7.23. The van der Waals surface area contributed by atoms with Crippen LogP contribution >= 0.6 is 11.6 Å². The highest BCUT2D eigenvalue weighted by molar-refractivity contribution is 6.31. The van der Waals surface area contributed by atoms with Gasteiger partial charge in [-0.3, -0.25) is 4.90 Å². The van der Waals surface area contributed by atoms with E-state index in [-0.39, 0.29) is 0 Å². The summed E-state index contributed by atoms with van der Waals surface area (Å²) in [6.07, 6.45) is 6.79. The zero-order valence-electron chi connectivity index (χ0n) is 14.0. The fraction of sp³-hybridized carbons (Fsp3) is 0.556. The summed E-state index contributed by atoms with van der Waals surface area (Å²) in [6, 6.07) is 6.48. The molecule has 6 heteroatoms. The third-order valence-electron chi connectivity index (χ3n) is 5.09. The molecule has 24 heavy (non-hydrogen) atoms. The smallest absolute Gasteiger partial charge is 0.137 e. The molecule has 0 N–H and O–H groups in total. The maximum atomic E-state index is 6.41. The van der Waals surface area contributed by atoms with Crippen molar-refractivity contribution in [2.24, 2.45) is 0 Å². The largest absolute Gasteiger partial charge is 0.496 e. The molecule has 2 heterocycles. The number of methoxy groups -OCH3 is 1.